The number of Topliss-reactive ketones (excluding diaryl/α,β-unsaturated/α-hetero) is 1. The lowest BCUT2D eigenvalue weighted by Crippen LogP contribution is -2.32. The van der Waals surface area contributed by atoms with Crippen LogP contribution in [0.15, 0.2) is 0 Å². The second kappa shape index (κ2) is 7.32. The van der Waals surface area contributed by atoms with Gasteiger partial charge in [-0.3, -0.25) is 9.59 Å². The van der Waals surface area contributed by atoms with E-state index in [1.54, 1.807) is 6.92 Å². The molecule has 0 fully saturated rings. The van der Waals surface area contributed by atoms with Crippen LogP contribution >= 0.6 is 0 Å². The van der Waals surface area contributed by atoms with E-state index in [4.69, 9.17) is 0 Å². The molecular formula is C20H32N2O3. The number of aliphatic hydroxyl groups is 1. The zero-order chi connectivity index (χ0) is 18.9. The van der Waals surface area contributed by atoms with Crippen molar-refractivity contribution in [2.24, 2.45) is 11.3 Å². The van der Waals surface area contributed by atoms with Gasteiger partial charge < -0.3 is 15.0 Å². The first-order valence-corrected chi connectivity index (χ1v) is 9.20. The summed E-state index contributed by atoms with van der Waals surface area (Å²) in [6, 6.07) is 0. The van der Waals surface area contributed by atoms with Crippen molar-refractivity contribution in [1.29, 1.82) is 0 Å². The summed E-state index contributed by atoms with van der Waals surface area (Å²) in [4.78, 5) is 25.1. The Morgan fingerprint density at radius 3 is 2.48 bits per heavy atom. The monoisotopic (exact) mass is 348 g/mol. The third-order valence-corrected chi connectivity index (χ3v) is 4.80. The van der Waals surface area contributed by atoms with Crippen LogP contribution in [0.1, 0.15) is 68.3 Å². The molecule has 0 aliphatic heterocycles. The molecule has 0 radical (unpaired) electrons. The van der Waals surface area contributed by atoms with Gasteiger partial charge >= 0.3 is 0 Å². The third-order valence-electron chi connectivity index (χ3n) is 4.80. The Morgan fingerprint density at radius 1 is 1.28 bits per heavy atom. The number of carbonyl (C=O) groups excluding carboxylic acids is 2. The van der Waals surface area contributed by atoms with Crippen molar-refractivity contribution in [1.82, 2.24) is 9.88 Å². The van der Waals surface area contributed by atoms with Crippen LogP contribution in [0.2, 0.25) is 0 Å². The number of nitrogens with zero attached hydrogens (tertiary/aromatic N) is 1. The molecule has 0 spiro atoms. The Morgan fingerprint density at radius 2 is 1.92 bits per heavy atom. The highest BCUT2D eigenvalue weighted by Gasteiger charge is 2.37. The van der Waals surface area contributed by atoms with Crippen LogP contribution in [0, 0.1) is 18.3 Å². The van der Waals surface area contributed by atoms with Gasteiger partial charge in [-0.25, -0.2) is 0 Å². The van der Waals surface area contributed by atoms with Crippen molar-refractivity contribution >= 4 is 11.7 Å². The van der Waals surface area contributed by atoms with Gasteiger partial charge in [0.05, 0.1) is 12.5 Å². The third kappa shape index (κ3) is 4.51. The van der Waals surface area contributed by atoms with Crippen LogP contribution in [-0.2, 0) is 24.2 Å². The van der Waals surface area contributed by atoms with Gasteiger partial charge in [0, 0.05) is 36.5 Å². The fourth-order valence-corrected chi connectivity index (χ4v) is 3.72. The number of nitrogens with one attached hydrogen (secondary N) is 1. The Labute approximate surface area is 150 Å². The molecule has 1 aromatic heterocycles. The number of ketones is 1. The summed E-state index contributed by atoms with van der Waals surface area (Å²) in [7, 11) is 0. The van der Waals surface area contributed by atoms with Gasteiger partial charge in [0.15, 0.2) is 5.78 Å². The molecule has 2 N–H and O–H groups in total. The van der Waals surface area contributed by atoms with Crippen LogP contribution in [0.5, 0.6) is 0 Å². The molecule has 0 saturated heterocycles. The number of fused-ring (bicyclic) bond motifs is 1. The molecular weight excluding hydrogens is 316 g/mol. The van der Waals surface area contributed by atoms with Gasteiger partial charge in [0.2, 0.25) is 5.91 Å². The maximum absolute atomic E-state index is 12.8. The normalized spacial score (nSPS) is 17.5. The fraction of sp³-hybridized carbons (Fsp3) is 0.700. The van der Waals surface area contributed by atoms with Gasteiger partial charge in [-0.05, 0) is 37.2 Å². The van der Waals surface area contributed by atoms with Crippen LogP contribution in [-0.4, -0.2) is 34.0 Å². The molecule has 1 atom stereocenters. The number of amides is 1. The zero-order valence-corrected chi connectivity index (χ0v) is 16.4. The first-order chi connectivity index (χ1) is 11.5. The fourth-order valence-electron chi connectivity index (χ4n) is 3.72. The van der Waals surface area contributed by atoms with E-state index < -0.39 is 6.10 Å². The predicted octanol–water partition coefficient (Wildman–Crippen LogP) is 2.65. The van der Waals surface area contributed by atoms with Crippen molar-refractivity contribution in [2.45, 2.75) is 73.5 Å². The van der Waals surface area contributed by atoms with Crippen molar-refractivity contribution < 1.29 is 14.7 Å². The Kier molecular flexibility index (Phi) is 5.77. The molecule has 140 valence electrons. The van der Waals surface area contributed by atoms with E-state index in [0.29, 0.717) is 12.3 Å². The average Bonchev–Trinajstić information content (AvgIpc) is 2.69. The lowest BCUT2D eigenvalue weighted by Gasteiger charge is -2.30. The van der Waals surface area contributed by atoms with Crippen molar-refractivity contribution in [3.63, 3.8) is 0 Å². The maximum Gasteiger partial charge on any atom is 0.224 e. The smallest absolute Gasteiger partial charge is 0.224 e. The highest BCUT2D eigenvalue weighted by Crippen LogP contribution is 2.39. The first-order valence-electron chi connectivity index (χ1n) is 9.20. The molecule has 2 rings (SSSR count). The van der Waals surface area contributed by atoms with Crippen molar-refractivity contribution in [3.8, 4) is 0 Å². The molecule has 1 aromatic rings. The minimum absolute atomic E-state index is 0.0462. The van der Waals surface area contributed by atoms with E-state index in [1.165, 1.54) is 0 Å². The largest absolute Gasteiger partial charge is 0.392 e. The lowest BCUT2D eigenvalue weighted by atomic mass is 9.75. The van der Waals surface area contributed by atoms with Crippen LogP contribution < -0.4 is 5.32 Å². The van der Waals surface area contributed by atoms with Gasteiger partial charge in [-0.15, -0.1) is 0 Å². The summed E-state index contributed by atoms with van der Waals surface area (Å²) < 4.78 is 2.25. The van der Waals surface area contributed by atoms with Crippen molar-refractivity contribution in [2.75, 3.05) is 6.54 Å². The van der Waals surface area contributed by atoms with E-state index in [-0.39, 0.29) is 30.1 Å². The summed E-state index contributed by atoms with van der Waals surface area (Å²) in [6.07, 6.45) is 0.995. The first kappa shape index (κ1) is 19.7. The molecule has 1 aliphatic rings. The molecule has 1 amide bonds. The number of rotatable bonds is 6. The summed E-state index contributed by atoms with van der Waals surface area (Å²) in [5.41, 5.74) is 3.70. The van der Waals surface area contributed by atoms with Crippen LogP contribution in [0.3, 0.4) is 0 Å². The molecule has 0 aromatic carbocycles. The van der Waals surface area contributed by atoms with E-state index in [1.807, 2.05) is 6.92 Å². The molecule has 5 nitrogen and oxygen atoms in total. The van der Waals surface area contributed by atoms with E-state index in [2.05, 4.69) is 37.6 Å². The van der Waals surface area contributed by atoms with Gasteiger partial charge in [-0.1, -0.05) is 27.7 Å². The van der Waals surface area contributed by atoms with Crippen LogP contribution in [0.25, 0.3) is 0 Å². The SMILES string of the molecule is Cc1c(CC(=O)NC[C@@H](C)O)c2c(n1CC(C)C)CC(C)(C)CC2=O. The van der Waals surface area contributed by atoms with Crippen molar-refractivity contribution in [3.05, 3.63) is 22.5 Å². The molecule has 1 aliphatic carbocycles. The summed E-state index contributed by atoms with van der Waals surface area (Å²) in [5.74, 6) is 0.466. The van der Waals surface area contributed by atoms with Gasteiger partial charge in [-0.2, -0.15) is 0 Å². The summed E-state index contributed by atoms with van der Waals surface area (Å²) in [6.45, 7) is 13.3. The standard InChI is InChI=1S/C20H32N2O3/c1-12(2)11-22-14(4)15(7-18(25)21-10-13(3)23)19-16(22)8-20(5,6)9-17(19)24/h12-13,23H,7-11H2,1-6H3,(H,21,25)/t13-/m1/s1. The number of aromatic nitrogens is 1. The highest BCUT2D eigenvalue weighted by molar-refractivity contribution is 6.01. The Balaban J connectivity index is 2.42. The van der Waals surface area contributed by atoms with Gasteiger partial charge in [0.25, 0.3) is 0 Å². The van der Waals surface area contributed by atoms with Gasteiger partial charge in [0.1, 0.15) is 0 Å². The number of aliphatic hydroxyl groups excluding tert-OH is 1. The quantitative estimate of drug-likeness (QED) is 0.830. The Bertz CT molecular complexity index is 669. The number of carbonyl (C=O) groups is 2. The summed E-state index contributed by atoms with van der Waals surface area (Å²) in [5, 5.41) is 12.1. The maximum atomic E-state index is 12.8. The molecule has 25 heavy (non-hydrogen) atoms. The molecule has 0 unspecified atom stereocenters. The average molecular weight is 348 g/mol. The topological polar surface area (TPSA) is 71.3 Å². The minimum atomic E-state index is -0.577. The lowest BCUT2D eigenvalue weighted by molar-refractivity contribution is -0.120. The second-order valence-electron chi connectivity index (χ2n) is 8.66. The van der Waals surface area contributed by atoms with E-state index in [9.17, 15) is 14.7 Å². The molecule has 0 saturated carbocycles. The second-order valence-corrected chi connectivity index (χ2v) is 8.66. The van der Waals surface area contributed by atoms with E-state index in [0.717, 1.165) is 35.5 Å². The number of hydrogen-bond donors (Lipinski definition) is 2. The van der Waals surface area contributed by atoms with E-state index >= 15 is 0 Å². The molecule has 0 bridgehead atoms. The van der Waals surface area contributed by atoms with Crippen LogP contribution in [0.4, 0.5) is 0 Å². The predicted molar refractivity (Wildman–Crippen MR) is 98.8 cm³/mol. The molecule has 5 heteroatoms. The Hall–Kier alpha value is -1.62. The number of hydrogen-bond acceptors (Lipinski definition) is 3. The highest BCUT2D eigenvalue weighted by atomic mass is 16.3. The zero-order valence-electron chi connectivity index (χ0n) is 16.4. The summed E-state index contributed by atoms with van der Waals surface area (Å²) >= 11 is 0. The molecule has 1 heterocycles. The minimum Gasteiger partial charge on any atom is -0.392 e.